The van der Waals surface area contributed by atoms with Gasteiger partial charge in [0, 0.05) is 22.1 Å². The topological polar surface area (TPSA) is 34.1 Å². The van der Waals surface area contributed by atoms with E-state index in [0.717, 1.165) is 0 Å². The fourth-order valence-corrected chi connectivity index (χ4v) is 0.972. The van der Waals surface area contributed by atoms with Crippen molar-refractivity contribution in [1.29, 1.82) is 0 Å². The standard InChI is InChI=1S/C10H7F3O2.Ni/c11-10(12,13)9(15)6-8(14)7-4-2-1-3-5-7;/h1-5H,6H2;. The molecule has 0 unspecified atom stereocenters. The van der Waals surface area contributed by atoms with Gasteiger partial charge in [0.1, 0.15) is 0 Å². The number of carbonyl (C=O) groups is 2. The third-order valence-electron chi connectivity index (χ3n) is 1.73. The van der Waals surface area contributed by atoms with Gasteiger partial charge in [0.15, 0.2) is 5.78 Å². The first-order chi connectivity index (χ1) is 6.91. The maximum absolute atomic E-state index is 11.8. The summed E-state index contributed by atoms with van der Waals surface area (Å²) >= 11 is 0. The molecule has 16 heavy (non-hydrogen) atoms. The Balaban J connectivity index is 0.00000225. The molecule has 0 bridgehead atoms. The van der Waals surface area contributed by atoms with E-state index in [1.165, 1.54) is 24.3 Å². The van der Waals surface area contributed by atoms with Crippen LogP contribution in [0.2, 0.25) is 0 Å². The number of alkyl halides is 3. The molecule has 0 aliphatic carbocycles. The number of hydrogen-bond acceptors (Lipinski definition) is 2. The molecule has 0 saturated carbocycles. The third-order valence-corrected chi connectivity index (χ3v) is 1.73. The van der Waals surface area contributed by atoms with E-state index in [1.54, 1.807) is 6.07 Å². The predicted octanol–water partition coefficient (Wildman–Crippen LogP) is 2.39. The van der Waals surface area contributed by atoms with Gasteiger partial charge in [-0.2, -0.15) is 13.2 Å². The summed E-state index contributed by atoms with van der Waals surface area (Å²) in [5, 5.41) is 0. The second kappa shape index (κ2) is 5.80. The summed E-state index contributed by atoms with van der Waals surface area (Å²) in [5.74, 6) is -2.84. The van der Waals surface area contributed by atoms with Crippen molar-refractivity contribution >= 4 is 11.6 Å². The molecule has 0 spiro atoms. The van der Waals surface area contributed by atoms with Crippen LogP contribution in [-0.4, -0.2) is 17.7 Å². The Morgan fingerprint density at radius 1 is 1.06 bits per heavy atom. The summed E-state index contributed by atoms with van der Waals surface area (Å²) in [4.78, 5) is 21.7. The molecule has 0 atom stereocenters. The molecule has 1 aromatic carbocycles. The zero-order chi connectivity index (χ0) is 11.5. The van der Waals surface area contributed by atoms with E-state index in [4.69, 9.17) is 0 Å². The summed E-state index contributed by atoms with van der Waals surface area (Å²) in [5.41, 5.74) is 0.107. The van der Waals surface area contributed by atoms with Gasteiger partial charge in [0.2, 0.25) is 5.78 Å². The number of Topliss-reactive ketones (excluding diaryl/α,β-unsaturated/α-hetero) is 2. The molecule has 0 N–H and O–H groups in total. The minimum Gasteiger partial charge on any atom is -0.294 e. The van der Waals surface area contributed by atoms with E-state index >= 15 is 0 Å². The maximum Gasteiger partial charge on any atom is 0.450 e. The van der Waals surface area contributed by atoms with Crippen molar-refractivity contribution in [3.8, 4) is 0 Å². The molecule has 0 aliphatic heterocycles. The summed E-state index contributed by atoms with van der Waals surface area (Å²) < 4.78 is 35.5. The quantitative estimate of drug-likeness (QED) is 0.482. The van der Waals surface area contributed by atoms with Crippen LogP contribution in [-0.2, 0) is 21.3 Å². The molecule has 2 nitrogen and oxygen atoms in total. The van der Waals surface area contributed by atoms with Gasteiger partial charge in [-0.25, -0.2) is 0 Å². The number of carbonyl (C=O) groups excluding carboxylic acids is 2. The molecule has 0 aliphatic rings. The zero-order valence-corrected chi connectivity index (χ0v) is 8.85. The SMILES string of the molecule is O=C(CC(=O)C(F)(F)F)c1ccccc1.[Ni]. The van der Waals surface area contributed by atoms with Crippen LogP contribution in [0.3, 0.4) is 0 Å². The molecule has 6 heteroatoms. The molecule has 1 aromatic rings. The Morgan fingerprint density at radius 2 is 1.56 bits per heavy atom. The fraction of sp³-hybridized carbons (Fsp3) is 0.200. The van der Waals surface area contributed by atoms with Gasteiger partial charge in [0.25, 0.3) is 0 Å². The summed E-state index contributed by atoms with van der Waals surface area (Å²) in [6.45, 7) is 0. The van der Waals surface area contributed by atoms with E-state index in [2.05, 4.69) is 0 Å². The average molecular weight is 275 g/mol. The molecular formula is C10H7F3NiO2. The fourth-order valence-electron chi connectivity index (χ4n) is 0.972. The molecular weight excluding hydrogens is 268 g/mol. The van der Waals surface area contributed by atoms with Crippen molar-refractivity contribution in [1.82, 2.24) is 0 Å². The van der Waals surface area contributed by atoms with Crippen LogP contribution in [0.15, 0.2) is 30.3 Å². The van der Waals surface area contributed by atoms with Crippen LogP contribution in [0.4, 0.5) is 13.2 Å². The van der Waals surface area contributed by atoms with Gasteiger partial charge in [-0.05, 0) is 0 Å². The van der Waals surface area contributed by atoms with E-state index in [1.807, 2.05) is 0 Å². The minimum atomic E-state index is -4.94. The van der Waals surface area contributed by atoms with Gasteiger partial charge < -0.3 is 0 Å². The van der Waals surface area contributed by atoms with Crippen LogP contribution in [0.25, 0.3) is 0 Å². The van der Waals surface area contributed by atoms with Crippen molar-refractivity contribution < 1.29 is 39.3 Å². The molecule has 0 saturated heterocycles. The molecule has 0 heterocycles. The Bertz CT molecular complexity index is 373. The number of benzene rings is 1. The average Bonchev–Trinajstić information content (AvgIpc) is 2.17. The second-order valence-electron chi connectivity index (χ2n) is 2.89. The van der Waals surface area contributed by atoms with Crippen LogP contribution >= 0.6 is 0 Å². The van der Waals surface area contributed by atoms with Crippen molar-refractivity contribution in [2.24, 2.45) is 0 Å². The summed E-state index contributed by atoms with van der Waals surface area (Å²) in [6, 6.07) is 7.40. The number of rotatable bonds is 3. The van der Waals surface area contributed by atoms with E-state index in [-0.39, 0.29) is 22.1 Å². The second-order valence-corrected chi connectivity index (χ2v) is 2.89. The van der Waals surface area contributed by atoms with Crippen molar-refractivity contribution in [2.45, 2.75) is 12.6 Å². The summed E-state index contributed by atoms with van der Waals surface area (Å²) in [7, 11) is 0. The van der Waals surface area contributed by atoms with Crippen LogP contribution in [0.1, 0.15) is 16.8 Å². The number of ketones is 2. The molecule has 1 rings (SSSR count). The number of hydrogen-bond donors (Lipinski definition) is 0. The predicted molar refractivity (Wildman–Crippen MR) is 46.5 cm³/mol. The Hall–Kier alpha value is -1.16. The Morgan fingerprint density at radius 3 is 2.00 bits per heavy atom. The van der Waals surface area contributed by atoms with Gasteiger partial charge >= 0.3 is 6.18 Å². The monoisotopic (exact) mass is 274 g/mol. The van der Waals surface area contributed by atoms with Crippen molar-refractivity contribution in [3.63, 3.8) is 0 Å². The third kappa shape index (κ3) is 4.15. The minimum absolute atomic E-state index is 0. The first-order valence-electron chi connectivity index (χ1n) is 4.09. The summed E-state index contributed by atoms with van der Waals surface area (Å²) in [6.07, 6.45) is -6.07. The molecule has 0 amide bonds. The zero-order valence-electron chi connectivity index (χ0n) is 7.86. The van der Waals surface area contributed by atoms with E-state index in [0.29, 0.717) is 0 Å². The number of halogens is 3. The normalized spacial score (nSPS) is 10.4. The van der Waals surface area contributed by atoms with Crippen LogP contribution in [0.5, 0.6) is 0 Å². The van der Waals surface area contributed by atoms with Crippen LogP contribution in [0, 0.1) is 0 Å². The molecule has 0 fully saturated rings. The van der Waals surface area contributed by atoms with Gasteiger partial charge in [-0.3, -0.25) is 9.59 Å². The van der Waals surface area contributed by atoms with Gasteiger partial charge in [0.05, 0.1) is 6.42 Å². The van der Waals surface area contributed by atoms with Crippen molar-refractivity contribution in [3.05, 3.63) is 35.9 Å². The Labute approximate surface area is 99.8 Å². The first kappa shape index (κ1) is 14.8. The Kier molecular flexibility index (Phi) is 5.38. The molecule has 0 radical (unpaired) electrons. The first-order valence-corrected chi connectivity index (χ1v) is 4.09. The largest absolute Gasteiger partial charge is 0.450 e. The van der Waals surface area contributed by atoms with Gasteiger partial charge in [-0.15, -0.1) is 0 Å². The maximum atomic E-state index is 11.8. The van der Waals surface area contributed by atoms with E-state index in [9.17, 15) is 22.8 Å². The van der Waals surface area contributed by atoms with Crippen LogP contribution < -0.4 is 0 Å². The molecule has 0 aromatic heterocycles. The van der Waals surface area contributed by atoms with E-state index < -0.39 is 24.2 Å². The van der Waals surface area contributed by atoms with Crippen molar-refractivity contribution in [2.75, 3.05) is 0 Å². The van der Waals surface area contributed by atoms with Gasteiger partial charge in [-0.1, -0.05) is 30.3 Å². The molecule has 90 valence electrons. The smallest absolute Gasteiger partial charge is 0.294 e.